The van der Waals surface area contributed by atoms with Crippen molar-refractivity contribution in [2.24, 2.45) is 0 Å². The fourth-order valence-corrected chi connectivity index (χ4v) is 4.20. The summed E-state index contributed by atoms with van der Waals surface area (Å²) >= 11 is 0. The number of nitrogens with zero attached hydrogens (tertiary/aromatic N) is 2. The molecule has 0 spiro atoms. The van der Waals surface area contributed by atoms with Gasteiger partial charge >= 0.3 is 6.03 Å². The van der Waals surface area contributed by atoms with E-state index >= 15 is 0 Å². The van der Waals surface area contributed by atoms with E-state index in [9.17, 15) is 13.6 Å². The second-order valence-corrected chi connectivity index (χ2v) is 7.92. The molecule has 1 fully saturated rings. The first kappa shape index (κ1) is 21.0. The van der Waals surface area contributed by atoms with Crippen LogP contribution in [0.1, 0.15) is 41.9 Å². The summed E-state index contributed by atoms with van der Waals surface area (Å²) in [5.74, 6) is -0.510. The zero-order chi connectivity index (χ0) is 21.6. The predicted octanol–water partition coefficient (Wildman–Crippen LogP) is 5.26. The predicted molar refractivity (Wildman–Crippen MR) is 115 cm³/mol. The molecule has 1 aromatic heterocycles. The second-order valence-electron chi connectivity index (χ2n) is 7.92. The van der Waals surface area contributed by atoms with Crippen molar-refractivity contribution in [3.05, 3.63) is 101 Å². The number of pyridine rings is 1. The van der Waals surface area contributed by atoms with E-state index in [0.29, 0.717) is 13.1 Å². The highest BCUT2D eigenvalue weighted by Crippen LogP contribution is 2.31. The van der Waals surface area contributed by atoms with Crippen LogP contribution in [-0.4, -0.2) is 28.5 Å². The molecule has 4 rings (SSSR count). The van der Waals surface area contributed by atoms with Gasteiger partial charge in [0, 0.05) is 31.4 Å². The average Bonchev–Trinajstić information content (AvgIpc) is 3.13. The maximum Gasteiger partial charge on any atom is 0.318 e. The van der Waals surface area contributed by atoms with Crippen molar-refractivity contribution in [1.82, 2.24) is 15.2 Å². The van der Waals surface area contributed by atoms with Crippen LogP contribution in [0, 0.1) is 11.6 Å². The van der Waals surface area contributed by atoms with Gasteiger partial charge in [-0.2, -0.15) is 0 Å². The van der Waals surface area contributed by atoms with Crippen LogP contribution in [0.25, 0.3) is 0 Å². The van der Waals surface area contributed by atoms with E-state index in [4.69, 9.17) is 0 Å². The van der Waals surface area contributed by atoms with Crippen molar-refractivity contribution in [3.63, 3.8) is 0 Å². The van der Waals surface area contributed by atoms with E-state index in [1.807, 2.05) is 17.0 Å². The van der Waals surface area contributed by atoms with Crippen LogP contribution in [0.15, 0.2) is 73.1 Å². The highest BCUT2D eigenvalue weighted by molar-refractivity contribution is 5.76. The summed E-state index contributed by atoms with van der Waals surface area (Å²) in [4.78, 5) is 18.3. The fourth-order valence-electron chi connectivity index (χ4n) is 4.20. The number of rotatable bonds is 8. The zero-order valence-electron chi connectivity index (χ0n) is 17.2. The molecule has 1 unspecified atom stereocenters. The third-order valence-electron chi connectivity index (χ3n) is 5.84. The Kier molecular flexibility index (Phi) is 6.55. The molecular weight excluding hydrogens is 396 g/mol. The molecule has 4 nitrogen and oxygen atoms in total. The average molecular weight is 421 g/mol. The van der Waals surface area contributed by atoms with Gasteiger partial charge in [-0.3, -0.25) is 4.98 Å². The summed E-state index contributed by atoms with van der Waals surface area (Å²) in [5, 5.41) is 2.94. The van der Waals surface area contributed by atoms with Crippen LogP contribution in [-0.2, 0) is 6.54 Å². The monoisotopic (exact) mass is 421 g/mol. The van der Waals surface area contributed by atoms with Gasteiger partial charge < -0.3 is 10.2 Å². The van der Waals surface area contributed by atoms with Crippen molar-refractivity contribution in [2.45, 2.75) is 37.8 Å². The van der Waals surface area contributed by atoms with Crippen LogP contribution in [0.4, 0.5) is 13.6 Å². The molecule has 31 heavy (non-hydrogen) atoms. The van der Waals surface area contributed by atoms with Gasteiger partial charge in [0.2, 0.25) is 0 Å². The Balaban J connectivity index is 1.43. The molecule has 1 atom stereocenters. The molecule has 1 N–H and O–H groups in total. The van der Waals surface area contributed by atoms with E-state index in [0.717, 1.165) is 36.0 Å². The van der Waals surface area contributed by atoms with Crippen LogP contribution in [0.3, 0.4) is 0 Å². The Labute approximate surface area is 180 Å². The van der Waals surface area contributed by atoms with E-state index < -0.39 is 0 Å². The van der Waals surface area contributed by atoms with Gasteiger partial charge in [0.15, 0.2) is 0 Å². The number of halogens is 2. The molecular formula is C25H25F2N3O. The van der Waals surface area contributed by atoms with Crippen molar-refractivity contribution in [1.29, 1.82) is 0 Å². The van der Waals surface area contributed by atoms with Gasteiger partial charge in [0.1, 0.15) is 11.6 Å². The second kappa shape index (κ2) is 9.69. The van der Waals surface area contributed by atoms with E-state index in [2.05, 4.69) is 10.3 Å². The Morgan fingerprint density at radius 1 is 1.00 bits per heavy atom. The smallest absolute Gasteiger partial charge is 0.318 e. The molecule has 160 valence electrons. The maximum atomic E-state index is 13.4. The molecule has 3 aromatic rings. The van der Waals surface area contributed by atoms with Crippen molar-refractivity contribution < 1.29 is 13.6 Å². The molecule has 0 radical (unpaired) electrons. The first-order valence-electron chi connectivity index (χ1n) is 10.5. The van der Waals surface area contributed by atoms with Gasteiger partial charge in [0.25, 0.3) is 0 Å². The first-order valence-corrected chi connectivity index (χ1v) is 10.5. The molecule has 2 aromatic carbocycles. The fraction of sp³-hybridized carbons (Fsp3) is 0.280. The standard InChI is InChI=1S/C25H25F2N3O/c26-21-10-6-19(7-11-21)24(20-8-12-22(27)13-9-20)5-1-4-23-16-29-25(31)30(23)17-18-3-2-14-28-15-18/h2-3,6-15,23-24H,1,4-5,16-17H2,(H,29,31). The Hall–Kier alpha value is -3.28. The Morgan fingerprint density at radius 3 is 2.23 bits per heavy atom. The minimum Gasteiger partial charge on any atom is -0.336 e. The van der Waals surface area contributed by atoms with Crippen molar-refractivity contribution in [3.8, 4) is 0 Å². The van der Waals surface area contributed by atoms with Gasteiger partial charge in [-0.25, -0.2) is 13.6 Å². The molecule has 0 bridgehead atoms. The van der Waals surface area contributed by atoms with E-state index in [1.165, 1.54) is 24.3 Å². The van der Waals surface area contributed by atoms with Crippen LogP contribution in [0.2, 0.25) is 0 Å². The first-order chi connectivity index (χ1) is 15.1. The number of hydrogen-bond acceptors (Lipinski definition) is 2. The number of carbonyl (C=O) groups excluding carboxylic acids is 1. The molecule has 0 saturated carbocycles. The third kappa shape index (κ3) is 5.26. The summed E-state index contributed by atoms with van der Waals surface area (Å²) in [7, 11) is 0. The molecule has 1 saturated heterocycles. The van der Waals surface area contributed by atoms with E-state index in [-0.39, 0.29) is 29.6 Å². The Bertz CT molecular complexity index is 948. The topological polar surface area (TPSA) is 45.2 Å². The largest absolute Gasteiger partial charge is 0.336 e. The lowest BCUT2D eigenvalue weighted by molar-refractivity contribution is 0.197. The molecule has 1 aliphatic heterocycles. The highest BCUT2D eigenvalue weighted by Gasteiger charge is 2.30. The lowest BCUT2D eigenvalue weighted by Gasteiger charge is -2.24. The quantitative estimate of drug-likeness (QED) is 0.540. The Morgan fingerprint density at radius 2 is 1.65 bits per heavy atom. The minimum atomic E-state index is -0.275. The zero-order valence-corrected chi connectivity index (χ0v) is 17.2. The number of amides is 2. The summed E-state index contributed by atoms with van der Waals surface area (Å²) < 4.78 is 26.8. The summed E-state index contributed by atoms with van der Waals surface area (Å²) in [5.41, 5.74) is 3.00. The molecule has 2 amide bonds. The lowest BCUT2D eigenvalue weighted by Crippen LogP contribution is -2.33. The van der Waals surface area contributed by atoms with Crippen LogP contribution in [0.5, 0.6) is 0 Å². The number of aromatic nitrogens is 1. The van der Waals surface area contributed by atoms with Gasteiger partial charge in [-0.1, -0.05) is 36.8 Å². The minimum absolute atomic E-state index is 0.0398. The van der Waals surface area contributed by atoms with Gasteiger partial charge in [-0.15, -0.1) is 0 Å². The number of benzene rings is 2. The van der Waals surface area contributed by atoms with E-state index in [1.54, 1.807) is 36.7 Å². The third-order valence-corrected chi connectivity index (χ3v) is 5.84. The van der Waals surface area contributed by atoms with Crippen LogP contribution >= 0.6 is 0 Å². The normalized spacial score (nSPS) is 16.0. The summed E-state index contributed by atoms with van der Waals surface area (Å²) in [6, 6.07) is 16.9. The lowest BCUT2D eigenvalue weighted by atomic mass is 9.86. The maximum absolute atomic E-state index is 13.4. The van der Waals surface area contributed by atoms with Crippen molar-refractivity contribution >= 4 is 6.03 Å². The molecule has 1 aliphatic rings. The number of carbonyl (C=O) groups is 1. The van der Waals surface area contributed by atoms with Gasteiger partial charge in [-0.05, 0) is 59.9 Å². The SMILES string of the molecule is O=C1NCC(CCCC(c2ccc(F)cc2)c2ccc(F)cc2)N1Cc1cccnc1. The number of nitrogens with one attached hydrogen (secondary N) is 1. The van der Waals surface area contributed by atoms with Gasteiger partial charge in [0.05, 0.1) is 6.04 Å². The highest BCUT2D eigenvalue weighted by atomic mass is 19.1. The molecule has 0 aliphatic carbocycles. The summed E-state index contributed by atoms with van der Waals surface area (Å²) in [6.07, 6.45) is 6.04. The number of hydrogen-bond donors (Lipinski definition) is 1. The molecule has 6 heteroatoms. The number of urea groups is 1. The summed E-state index contributed by atoms with van der Waals surface area (Å²) in [6.45, 7) is 1.15. The van der Waals surface area contributed by atoms with Crippen molar-refractivity contribution in [2.75, 3.05) is 6.54 Å². The van der Waals surface area contributed by atoms with Crippen LogP contribution < -0.4 is 5.32 Å². The molecule has 2 heterocycles.